The minimum absolute atomic E-state index is 0.102. The van der Waals surface area contributed by atoms with Crippen LogP contribution in [0.25, 0.3) is 0 Å². The van der Waals surface area contributed by atoms with Crippen LogP contribution in [-0.2, 0) is 11.2 Å². The molecule has 1 saturated heterocycles. The molecule has 2 unspecified atom stereocenters. The number of nitrogens with zero attached hydrogens (tertiary/aromatic N) is 1. The third kappa shape index (κ3) is 4.57. The van der Waals surface area contributed by atoms with Crippen LogP contribution in [0.1, 0.15) is 55.7 Å². The molecule has 1 heterocycles. The van der Waals surface area contributed by atoms with Crippen LogP contribution < -0.4 is 5.73 Å². The Labute approximate surface area is 165 Å². The number of benzene rings is 1. The fourth-order valence-corrected chi connectivity index (χ4v) is 4.90. The number of carboxylic acids is 1. The number of likely N-dealkylation sites (tertiary alicyclic amines) is 1. The predicted octanol–water partition coefficient (Wildman–Crippen LogP) is 1.95. The van der Waals surface area contributed by atoms with Crippen molar-refractivity contribution in [1.29, 1.82) is 0 Å². The molecule has 1 aromatic carbocycles. The van der Waals surface area contributed by atoms with E-state index in [0.29, 0.717) is 19.3 Å². The van der Waals surface area contributed by atoms with Crippen molar-refractivity contribution in [3.63, 3.8) is 0 Å². The average Bonchev–Trinajstić information content (AvgIpc) is 3.07. The van der Waals surface area contributed by atoms with Crippen LogP contribution >= 0.6 is 0 Å². The maximum Gasteiger partial charge on any atom is 0.451 e. The number of rotatable bonds is 8. The Balaban J connectivity index is 1.58. The molecular weight excluding hydrogens is 362 g/mol. The Hall–Kier alpha value is -1.48. The highest BCUT2D eigenvalue weighted by atomic mass is 19.1. The maximum atomic E-state index is 13.5. The van der Waals surface area contributed by atoms with E-state index in [4.69, 9.17) is 15.8 Å². The first-order valence-corrected chi connectivity index (χ1v) is 10.2. The molecule has 5 N–H and O–H groups in total. The van der Waals surface area contributed by atoms with E-state index in [1.54, 1.807) is 6.07 Å². The van der Waals surface area contributed by atoms with Gasteiger partial charge in [-0.3, -0.25) is 9.69 Å². The predicted molar refractivity (Wildman–Crippen MR) is 105 cm³/mol. The topological polar surface area (TPSA) is 107 Å². The van der Waals surface area contributed by atoms with Crippen molar-refractivity contribution >= 4 is 13.1 Å². The smallest absolute Gasteiger partial charge is 0.451 e. The van der Waals surface area contributed by atoms with Gasteiger partial charge in [-0.25, -0.2) is 4.39 Å². The van der Waals surface area contributed by atoms with Gasteiger partial charge in [0.25, 0.3) is 0 Å². The van der Waals surface area contributed by atoms with E-state index in [-0.39, 0.29) is 24.1 Å². The molecular formula is C20H30BFN2O4. The third-order valence-electron chi connectivity index (χ3n) is 6.55. The van der Waals surface area contributed by atoms with Crippen molar-refractivity contribution in [1.82, 2.24) is 4.90 Å². The fraction of sp³-hybridized carbons (Fsp3) is 0.650. The minimum Gasteiger partial charge on any atom is -0.480 e. The van der Waals surface area contributed by atoms with Gasteiger partial charge in [0.15, 0.2) is 0 Å². The second-order valence-electron chi connectivity index (χ2n) is 8.28. The van der Waals surface area contributed by atoms with E-state index in [2.05, 4.69) is 4.90 Å². The molecule has 1 aromatic rings. The number of halogens is 1. The van der Waals surface area contributed by atoms with Crippen LogP contribution in [-0.4, -0.2) is 51.8 Å². The lowest BCUT2D eigenvalue weighted by atomic mass is 9.74. The van der Waals surface area contributed by atoms with Crippen molar-refractivity contribution in [2.24, 2.45) is 11.7 Å². The molecule has 0 aromatic heterocycles. The van der Waals surface area contributed by atoms with Gasteiger partial charge in [-0.05, 0) is 80.7 Å². The summed E-state index contributed by atoms with van der Waals surface area (Å²) in [6.07, 6.45) is 4.96. The summed E-state index contributed by atoms with van der Waals surface area (Å²) in [5.41, 5.74) is 7.34. The summed E-state index contributed by atoms with van der Waals surface area (Å²) in [7, 11) is -1.36. The number of nitrogens with two attached hydrogens (primary N) is 1. The summed E-state index contributed by atoms with van der Waals surface area (Å²) in [4.78, 5) is 14.3. The number of aryl methyl sites for hydroxylation is 1. The molecule has 6 nitrogen and oxygen atoms in total. The molecule has 0 spiro atoms. The van der Waals surface area contributed by atoms with E-state index in [1.165, 1.54) is 11.6 Å². The highest BCUT2D eigenvalue weighted by Crippen LogP contribution is 2.40. The number of carbonyl (C=O) groups is 1. The lowest BCUT2D eigenvalue weighted by Gasteiger charge is -2.42. The number of piperidine rings is 1. The Morgan fingerprint density at radius 3 is 2.61 bits per heavy atom. The molecule has 0 saturated carbocycles. The van der Waals surface area contributed by atoms with Crippen LogP contribution in [0.3, 0.4) is 0 Å². The van der Waals surface area contributed by atoms with Gasteiger partial charge in [0, 0.05) is 6.04 Å². The summed E-state index contributed by atoms with van der Waals surface area (Å²) in [6.45, 7) is 1.57. The normalized spacial score (nSPS) is 22.6. The largest absolute Gasteiger partial charge is 0.480 e. The van der Waals surface area contributed by atoms with E-state index in [1.807, 2.05) is 6.07 Å². The average molecular weight is 392 g/mol. The zero-order valence-electron chi connectivity index (χ0n) is 16.2. The van der Waals surface area contributed by atoms with E-state index >= 15 is 0 Å². The van der Waals surface area contributed by atoms with Crippen molar-refractivity contribution in [2.45, 2.75) is 62.8 Å². The van der Waals surface area contributed by atoms with E-state index in [9.17, 15) is 14.3 Å². The van der Waals surface area contributed by atoms with Gasteiger partial charge < -0.3 is 20.9 Å². The Kier molecular flexibility index (Phi) is 6.75. The number of fused-ring (bicyclic) bond motifs is 1. The number of unbranched alkanes of at least 4 members (excludes halogenated alkanes) is 1. The lowest BCUT2D eigenvalue weighted by molar-refractivity contribution is -0.147. The van der Waals surface area contributed by atoms with Crippen LogP contribution in [0.4, 0.5) is 4.39 Å². The minimum atomic E-state index is -1.36. The molecule has 2 atom stereocenters. The van der Waals surface area contributed by atoms with Crippen LogP contribution in [0.2, 0.25) is 6.32 Å². The standard InChI is InChI=1S/C20H30BFN2O4/c22-16-4-5-17-14(13-16)3-6-18(17)24-11-7-15(8-12-24)20(23,19(25)26)9-1-2-10-21(27)28/h4-5,13,15,18,27-28H,1-3,6-12,23H2,(H,25,26). The van der Waals surface area contributed by atoms with Gasteiger partial charge in [-0.1, -0.05) is 18.9 Å². The number of hydrogen-bond acceptors (Lipinski definition) is 5. The Morgan fingerprint density at radius 1 is 1.25 bits per heavy atom. The van der Waals surface area contributed by atoms with Gasteiger partial charge in [0.2, 0.25) is 0 Å². The summed E-state index contributed by atoms with van der Waals surface area (Å²) in [5, 5.41) is 27.6. The molecule has 28 heavy (non-hydrogen) atoms. The quantitative estimate of drug-likeness (QED) is 0.398. The maximum absolute atomic E-state index is 13.5. The zero-order valence-corrected chi connectivity index (χ0v) is 16.2. The second kappa shape index (κ2) is 8.90. The van der Waals surface area contributed by atoms with Crippen molar-refractivity contribution in [3.05, 3.63) is 35.1 Å². The van der Waals surface area contributed by atoms with Gasteiger partial charge in [0.05, 0.1) is 0 Å². The van der Waals surface area contributed by atoms with Crippen LogP contribution in [0.15, 0.2) is 18.2 Å². The summed E-state index contributed by atoms with van der Waals surface area (Å²) < 4.78 is 13.5. The molecule has 0 amide bonds. The van der Waals surface area contributed by atoms with Crippen LogP contribution in [0, 0.1) is 11.7 Å². The molecule has 154 valence electrons. The van der Waals surface area contributed by atoms with Crippen molar-refractivity contribution in [2.75, 3.05) is 13.1 Å². The first-order chi connectivity index (χ1) is 13.3. The molecule has 2 aliphatic rings. The van der Waals surface area contributed by atoms with E-state index < -0.39 is 18.6 Å². The van der Waals surface area contributed by atoms with Gasteiger partial charge >= 0.3 is 13.1 Å². The summed E-state index contributed by atoms with van der Waals surface area (Å²) in [6, 6.07) is 5.30. The van der Waals surface area contributed by atoms with Crippen LogP contribution in [0.5, 0.6) is 0 Å². The first-order valence-electron chi connectivity index (χ1n) is 10.2. The first kappa shape index (κ1) is 21.2. The molecule has 0 radical (unpaired) electrons. The second-order valence-corrected chi connectivity index (χ2v) is 8.28. The summed E-state index contributed by atoms with van der Waals surface area (Å²) >= 11 is 0. The summed E-state index contributed by atoms with van der Waals surface area (Å²) in [5.74, 6) is -1.27. The van der Waals surface area contributed by atoms with Crippen molar-refractivity contribution < 1.29 is 24.3 Å². The molecule has 3 rings (SSSR count). The highest BCUT2D eigenvalue weighted by Gasteiger charge is 2.44. The Morgan fingerprint density at radius 2 is 1.96 bits per heavy atom. The van der Waals surface area contributed by atoms with Gasteiger partial charge in [0.1, 0.15) is 11.4 Å². The molecule has 1 aliphatic carbocycles. The van der Waals surface area contributed by atoms with Crippen molar-refractivity contribution in [3.8, 4) is 0 Å². The number of aliphatic carboxylic acids is 1. The van der Waals surface area contributed by atoms with Gasteiger partial charge in [-0.15, -0.1) is 0 Å². The SMILES string of the molecule is NC(CCCCB(O)O)(C(=O)O)C1CCN(C2CCc3cc(F)ccc32)CC1. The monoisotopic (exact) mass is 392 g/mol. The zero-order chi connectivity index (χ0) is 20.3. The molecule has 0 bridgehead atoms. The fourth-order valence-electron chi connectivity index (χ4n) is 4.90. The van der Waals surface area contributed by atoms with E-state index in [0.717, 1.165) is 44.3 Å². The lowest BCUT2D eigenvalue weighted by Crippen LogP contribution is -2.57. The highest BCUT2D eigenvalue weighted by molar-refractivity contribution is 6.40. The van der Waals surface area contributed by atoms with Gasteiger partial charge in [-0.2, -0.15) is 0 Å². The number of hydrogen-bond donors (Lipinski definition) is 4. The molecule has 1 fully saturated rings. The third-order valence-corrected chi connectivity index (χ3v) is 6.55. The molecule has 8 heteroatoms. The Bertz CT molecular complexity index is 697. The molecule has 1 aliphatic heterocycles. The number of carboxylic acid groups (broad SMARTS) is 1.